The van der Waals surface area contributed by atoms with E-state index in [-0.39, 0.29) is 5.56 Å². The summed E-state index contributed by atoms with van der Waals surface area (Å²) >= 11 is 7.15. The van der Waals surface area contributed by atoms with Gasteiger partial charge in [-0.05, 0) is 5.56 Å². The lowest BCUT2D eigenvalue weighted by Gasteiger charge is -2.02. The number of ketones is 1. The van der Waals surface area contributed by atoms with Gasteiger partial charge in [0, 0.05) is 15.9 Å². The van der Waals surface area contributed by atoms with Gasteiger partial charge in [0.05, 0.1) is 5.56 Å². The van der Waals surface area contributed by atoms with Crippen LogP contribution in [0.15, 0.2) is 35.7 Å². The first-order chi connectivity index (χ1) is 8.59. The maximum atomic E-state index is 11.8. The number of carbonyl (C=O) groups excluding carboxylic acids is 1. The lowest BCUT2D eigenvalue weighted by molar-refractivity contribution is -0.465. The highest BCUT2D eigenvalue weighted by molar-refractivity contribution is 7.15. The molecule has 2 aromatic rings. The Kier molecular flexibility index (Phi) is 3.74. The molecule has 6 heteroatoms. The van der Waals surface area contributed by atoms with Crippen LogP contribution in [0.3, 0.4) is 0 Å². The largest absolute Gasteiger partial charge is 0.287 e. The van der Waals surface area contributed by atoms with Crippen LogP contribution in [0.1, 0.15) is 10.4 Å². The van der Waals surface area contributed by atoms with Crippen LogP contribution >= 0.6 is 22.9 Å². The van der Waals surface area contributed by atoms with Crippen LogP contribution in [0.4, 0.5) is 0 Å². The topological polar surface area (TPSA) is 60.2 Å². The number of nitrogens with zero attached hydrogens (tertiary/aromatic N) is 1. The molecule has 2 rings (SSSR count). The van der Waals surface area contributed by atoms with Crippen LogP contribution in [0.5, 0.6) is 0 Å². The number of benzene rings is 1. The summed E-state index contributed by atoms with van der Waals surface area (Å²) in [4.78, 5) is 21.6. The molecule has 0 atom stereocenters. The zero-order valence-corrected chi connectivity index (χ0v) is 10.7. The summed E-state index contributed by atoms with van der Waals surface area (Å²) in [5, 5.41) is 12.1. The van der Waals surface area contributed by atoms with E-state index in [1.165, 1.54) is 11.3 Å². The van der Waals surface area contributed by atoms with Crippen LogP contribution in [0.2, 0.25) is 4.34 Å². The Bertz CT molecular complexity index is 595. The highest BCUT2D eigenvalue weighted by Gasteiger charge is 2.22. The first-order valence-electron chi connectivity index (χ1n) is 5.07. The molecule has 1 aromatic carbocycles. The molecule has 0 N–H and O–H groups in total. The summed E-state index contributed by atoms with van der Waals surface area (Å²) in [7, 11) is 0. The normalized spacial score (nSPS) is 10.3. The Morgan fingerprint density at radius 2 is 2.00 bits per heavy atom. The molecule has 0 saturated heterocycles. The third-order valence-corrected chi connectivity index (χ3v) is 3.60. The number of carbonyl (C=O) groups is 1. The second-order valence-corrected chi connectivity index (χ2v) is 5.06. The van der Waals surface area contributed by atoms with E-state index >= 15 is 0 Å². The van der Waals surface area contributed by atoms with E-state index in [9.17, 15) is 14.9 Å². The van der Waals surface area contributed by atoms with Crippen molar-refractivity contribution >= 4 is 28.7 Å². The van der Waals surface area contributed by atoms with Crippen LogP contribution in [-0.4, -0.2) is 17.3 Å². The smallest absolute Gasteiger partial charge is 0.265 e. The van der Waals surface area contributed by atoms with E-state index in [2.05, 4.69) is 0 Å². The molecule has 0 saturated carbocycles. The van der Waals surface area contributed by atoms with Crippen molar-refractivity contribution < 1.29 is 9.72 Å². The fourth-order valence-corrected chi connectivity index (χ4v) is 2.78. The van der Waals surface area contributed by atoms with Gasteiger partial charge in [-0.15, -0.1) is 11.3 Å². The molecule has 4 nitrogen and oxygen atoms in total. The van der Waals surface area contributed by atoms with Gasteiger partial charge in [-0.2, -0.15) is 0 Å². The van der Waals surface area contributed by atoms with Crippen LogP contribution in [0.25, 0.3) is 11.1 Å². The first kappa shape index (κ1) is 12.7. The van der Waals surface area contributed by atoms with Gasteiger partial charge in [-0.3, -0.25) is 14.9 Å². The van der Waals surface area contributed by atoms with E-state index in [1.807, 2.05) is 30.3 Å². The molecular formula is C12H8ClNO3S. The zero-order chi connectivity index (χ0) is 13.1. The van der Waals surface area contributed by atoms with Crippen molar-refractivity contribution in [3.63, 3.8) is 0 Å². The zero-order valence-electron chi connectivity index (χ0n) is 9.13. The van der Waals surface area contributed by atoms with Crippen molar-refractivity contribution in [1.29, 1.82) is 0 Å². The molecule has 0 radical (unpaired) electrons. The summed E-state index contributed by atoms with van der Waals surface area (Å²) in [6.45, 7) is -0.740. The van der Waals surface area contributed by atoms with E-state index in [1.54, 1.807) is 5.38 Å². The molecule has 1 aromatic heterocycles. The van der Waals surface area contributed by atoms with E-state index in [4.69, 9.17) is 11.6 Å². The quantitative estimate of drug-likeness (QED) is 0.489. The van der Waals surface area contributed by atoms with Crippen molar-refractivity contribution in [2.75, 3.05) is 6.54 Å². The van der Waals surface area contributed by atoms with Gasteiger partial charge >= 0.3 is 0 Å². The van der Waals surface area contributed by atoms with Crippen LogP contribution in [0, 0.1) is 10.1 Å². The predicted octanol–water partition coefficient (Wildman–Crippen LogP) is 3.53. The Balaban J connectivity index is 2.45. The average molecular weight is 282 g/mol. The number of halogens is 1. The average Bonchev–Trinajstić information content (AvgIpc) is 2.71. The number of hydrogen-bond acceptors (Lipinski definition) is 4. The second kappa shape index (κ2) is 5.29. The Morgan fingerprint density at radius 1 is 1.33 bits per heavy atom. The van der Waals surface area contributed by atoms with Crippen LogP contribution in [-0.2, 0) is 0 Å². The van der Waals surface area contributed by atoms with Crippen molar-refractivity contribution in [3.8, 4) is 11.1 Å². The van der Waals surface area contributed by atoms with Crippen molar-refractivity contribution in [2.24, 2.45) is 0 Å². The highest BCUT2D eigenvalue weighted by Crippen LogP contribution is 2.35. The Morgan fingerprint density at radius 3 is 2.61 bits per heavy atom. The third-order valence-electron chi connectivity index (χ3n) is 2.38. The Labute approximate surface area is 112 Å². The van der Waals surface area contributed by atoms with Gasteiger partial charge < -0.3 is 0 Å². The summed E-state index contributed by atoms with van der Waals surface area (Å²) in [6.07, 6.45) is 0. The molecule has 0 aliphatic carbocycles. The molecule has 1 heterocycles. The molecule has 92 valence electrons. The van der Waals surface area contributed by atoms with Crippen LogP contribution < -0.4 is 0 Å². The lowest BCUT2D eigenvalue weighted by atomic mass is 10.0. The fraction of sp³-hybridized carbons (Fsp3) is 0.0833. The number of hydrogen-bond donors (Lipinski definition) is 0. The summed E-state index contributed by atoms with van der Waals surface area (Å²) in [5.74, 6) is -0.565. The first-order valence-corrected chi connectivity index (χ1v) is 6.32. The van der Waals surface area contributed by atoms with Gasteiger partial charge in [0.1, 0.15) is 4.34 Å². The van der Waals surface area contributed by atoms with Gasteiger partial charge in [-0.1, -0.05) is 41.9 Å². The molecule has 0 aliphatic rings. The van der Waals surface area contributed by atoms with E-state index < -0.39 is 17.3 Å². The van der Waals surface area contributed by atoms with Crippen molar-refractivity contribution in [2.45, 2.75) is 0 Å². The molecule has 0 spiro atoms. The van der Waals surface area contributed by atoms with Gasteiger partial charge in [0.25, 0.3) is 6.54 Å². The minimum Gasteiger partial charge on any atom is -0.287 e. The SMILES string of the molecule is O=C(C[N+](=O)[O-])c1c(-c2ccccc2)csc1Cl. The van der Waals surface area contributed by atoms with Gasteiger partial charge in [0.15, 0.2) is 0 Å². The van der Waals surface area contributed by atoms with Crippen molar-refractivity contribution in [1.82, 2.24) is 0 Å². The van der Waals surface area contributed by atoms with Gasteiger partial charge in [-0.25, -0.2) is 0 Å². The molecule has 0 unspecified atom stereocenters. The lowest BCUT2D eigenvalue weighted by Crippen LogP contribution is -2.14. The molecule has 18 heavy (non-hydrogen) atoms. The highest BCUT2D eigenvalue weighted by atomic mass is 35.5. The third kappa shape index (κ3) is 2.57. The number of Topliss-reactive ketones (excluding diaryl/α,β-unsaturated/α-hetero) is 1. The molecule has 0 amide bonds. The number of rotatable bonds is 4. The summed E-state index contributed by atoms with van der Waals surface area (Å²) in [5.41, 5.74) is 1.72. The summed E-state index contributed by atoms with van der Waals surface area (Å²) in [6, 6.07) is 9.20. The molecule has 0 aliphatic heterocycles. The van der Waals surface area contributed by atoms with E-state index in [0.717, 1.165) is 5.56 Å². The number of thiophene rings is 1. The monoisotopic (exact) mass is 281 g/mol. The minimum atomic E-state index is -0.740. The fourth-order valence-electron chi connectivity index (χ4n) is 1.62. The minimum absolute atomic E-state index is 0.240. The maximum Gasteiger partial charge on any atom is 0.265 e. The molecular weight excluding hydrogens is 274 g/mol. The van der Waals surface area contributed by atoms with Gasteiger partial charge in [0.2, 0.25) is 5.78 Å². The van der Waals surface area contributed by atoms with E-state index in [0.29, 0.717) is 9.90 Å². The Hall–Kier alpha value is -1.72. The second-order valence-electron chi connectivity index (χ2n) is 3.58. The number of nitro groups is 1. The summed E-state index contributed by atoms with van der Waals surface area (Å²) < 4.78 is 0.292. The predicted molar refractivity (Wildman–Crippen MR) is 71.0 cm³/mol. The standard InChI is InChI=1S/C12H8ClNO3S/c13-12-11(10(15)6-14(16)17)9(7-18-12)8-4-2-1-3-5-8/h1-5,7H,6H2. The maximum absolute atomic E-state index is 11.8. The van der Waals surface area contributed by atoms with Crippen molar-refractivity contribution in [3.05, 3.63) is 55.7 Å². The molecule has 0 fully saturated rings. The molecule has 0 bridgehead atoms.